The van der Waals surface area contributed by atoms with Crippen LogP contribution < -0.4 is 11.5 Å². The molecule has 0 saturated carbocycles. The van der Waals surface area contributed by atoms with Crippen molar-refractivity contribution in [3.63, 3.8) is 0 Å². The fraction of sp³-hybridized carbons (Fsp3) is 0.917. The molecule has 0 radical (unpaired) electrons. The Morgan fingerprint density at radius 2 is 2.12 bits per heavy atom. The summed E-state index contributed by atoms with van der Waals surface area (Å²) < 4.78 is 0. The lowest BCUT2D eigenvalue weighted by Gasteiger charge is -2.26. The maximum atomic E-state index is 11.3. The van der Waals surface area contributed by atoms with Gasteiger partial charge in [0.05, 0.1) is 5.41 Å². The van der Waals surface area contributed by atoms with Gasteiger partial charge in [0, 0.05) is 13.1 Å². The van der Waals surface area contributed by atoms with Crippen LogP contribution in [0.25, 0.3) is 0 Å². The van der Waals surface area contributed by atoms with Gasteiger partial charge < -0.3 is 16.4 Å². The number of carbonyl (C=O) groups is 1. The molecule has 2 atom stereocenters. The summed E-state index contributed by atoms with van der Waals surface area (Å²) in [6, 6.07) is 0. The summed E-state index contributed by atoms with van der Waals surface area (Å²) in [5.41, 5.74) is 10.9. The van der Waals surface area contributed by atoms with Crippen LogP contribution in [0.2, 0.25) is 0 Å². The third-order valence-electron chi connectivity index (χ3n) is 3.89. The first kappa shape index (κ1) is 13.5. The molecule has 0 spiro atoms. The van der Waals surface area contributed by atoms with Crippen LogP contribution >= 0.6 is 0 Å². The van der Waals surface area contributed by atoms with Crippen molar-refractivity contribution in [2.24, 2.45) is 28.7 Å². The lowest BCUT2D eigenvalue weighted by Crippen LogP contribution is -2.39. The summed E-state index contributed by atoms with van der Waals surface area (Å²) in [5, 5.41) is 0. The molecule has 1 saturated heterocycles. The first-order valence-corrected chi connectivity index (χ1v) is 6.11. The molecule has 1 fully saturated rings. The molecular formula is C12H25N3O. The predicted octanol–water partition coefficient (Wildman–Crippen LogP) is 0.415. The second-order valence-corrected chi connectivity index (χ2v) is 5.65. The molecule has 0 aromatic rings. The molecule has 1 amide bonds. The van der Waals surface area contributed by atoms with E-state index in [0.29, 0.717) is 18.4 Å². The third kappa shape index (κ3) is 2.95. The van der Waals surface area contributed by atoms with Crippen molar-refractivity contribution in [3.8, 4) is 0 Å². The number of rotatable bonds is 5. The van der Waals surface area contributed by atoms with Crippen LogP contribution in [0, 0.1) is 17.3 Å². The monoisotopic (exact) mass is 227 g/mol. The van der Waals surface area contributed by atoms with Crippen LogP contribution in [0.3, 0.4) is 0 Å². The molecule has 0 bridgehead atoms. The first-order valence-electron chi connectivity index (χ1n) is 6.11. The minimum Gasteiger partial charge on any atom is -0.369 e. The Balaban J connectivity index is 2.51. The number of likely N-dealkylation sites (tertiary alicyclic amines) is 1. The van der Waals surface area contributed by atoms with Gasteiger partial charge in [0.1, 0.15) is 0 Å². The topological polar surface area (TPSA) is 72.3 Å². The van der Waals surface area contributed by atoms with Crippen molar-refractivity contribution in [2.75, 3.05) is 26.2 Å². The van der Waals surface area contributed by atoms with Gasteiger partial charge in [-0.3, -0.25) is 4.79 Å². The van der Waals surface area contributed by atoms with Crippen molar-refractivity contribution in [1.29, 1.82) is 0 Å². The van der Waals surface area contributed by atoms with Gasteiger partial charge in [-0.2, -0.15) is 0 Å². The maximum absolute atomic E-state index is 11.3. The quantitative estimate of drug-likeness (QED) is 0.714. The molecule has 4 heteroatoms. The first-order chi connectivity index (χ1) is 7.39. The SMILES string of the molecule is CC(C)C(CN)CN1CCC(C)(C(N)=O)C1. The molecule has 2 unspecified atom stereocenters. The zero-order valence-electron chi connectivity index (χ0n) is 10.7. The third-order valence-corrected chi connectivity index (χ3v) is 3.89. The molecule has 1 rings (SSSR count). The second kappa shape index (κ2) is 5.15. The Bertz CT molecular complexity index is 255. The zero-order valence-corrected chi connectivity index (χ0v) is 10.7. The number of nitrogens with two attached hydrogens (primary N) is 2. The Morgan fingerprint density at radius 3 is 2.50 bits per heavy atom. The van der Waals surface area contributed by atoms with E-state index in [1.807, 2.05) is 6.92 Å². The van der Waals surface area contributed by atoms with Crippen LogP contribution in [0.4, 0.5) is 0 Å². The van der Waals surface area contributed by atoms with Gasteiger partial charge in [0.15, 0.2) is 0 Å². The van der Waals surface area contributed by atoms with E-state index in [9.17, 15) is 4.79 Å². The molecule has 94 valence electrons. The molecule has 1 aliphatic heterocycles. The van der Waals surface area contributed by atoms with Gasteiger partial charge in [-0.15, -0.1) is 0 Å². The van der Waals surface area contributed by atoms with Crippen LogP contribution in [-0.4, -0.2) is 37.0 Å². The van der Waals surface area contributed by atoms with Crippen LogP contribution in [-0.2, 0) is 4.79 Å². The molecule has 0 aromatic carbocycles. The number of hydrogen-bond acceptors (Lipinski definition) is 3. The van der Waals surface area contributed by atoms with Crippen LogP contribution in [0.1, 0.15) is 27.2 Å². The van der Waals surface area contributed by atoms with Crippen molar-refractivity contribution >= 4 is 5.91 Å². The van der Waals surface area contributed by atoms with E-state index in [2.05, 4.69) is 18.7 Å². The molecule has 4 nitrogen and oxygen atoms in total. The van der Waals surface area contributed by atoms with Gasteiger partial charge >= 0.3 is 0 Å². The number of primary amides is 1. The summed E-state index contributed by atoms with van der Waals surface area (Å²) in [7, 11) is 0. The molecule has 4 N–H and O–H groups in total. The minimum absolute atomic E-state index is 0.177. The van der Waals surface area contributed by atoms with E-state index in [4.69, 9.17) is 11.5 Å². The smallest absolute Gasteiger partial charge is 0.224 e. The van der Waals surface area contributed by atoms with Crippen LogP contribution in [0.15, 0.2) is 0 Å². The van der Waals surface area contributed by atoms with Crippen molar-refractivity contribution in [3.05, 3.63) is 0 Å². The van der Waals surface area contributed by atoms with Crippen molar-refractivity contribution < 1.29 is 4.79 Å². The van der Waals surface area contributed by atoms with E-state index in [1.54, 1.807) is 0 Å². The summed E-state index contributed by atoms with van der Waals surface area (Å²) in [4.78, 5) is 13.7. The molecule has 0 aliphatic carbocycles. The summed E-state index contributed by atoms with van der Waals surface area (Å²) in [6.45, 7) is 9.79. The predicted molar refractivity (Wildman–Crippen MR) is 65.7 cm³/mol. The molecular weight excluding hydrogens is 202 g/mol. The van der Waals surface area contributed by atoms with E-state index < -0.39 is 0 Å². The van der Waals surface area contributed by atoms with Gasteiger partial charge in [-0.1, -0.05) is 13.8 Å². The summed E-state index contributed by atoms with van der Waals surface area (Å²) >= 11 is 0. The van der Waals surface area contributed by atoms with E-state index in [-0.39, 0.29) is 11.3 Å². The second-order valence-electron chi connectivity index (χ2n) is 5.65. The highest BCUT2D eigenvalue weighted by atomic mass is 16.1. The Kier molecular flexibility index (Phi) is 4.33. The Hall–Kier alpha value is -0.610. The zero-order chi connectivity index (χ0) is 12.3. The number of nitrogens with zero attached hydrogens (tertiary/aromatic N) is 1. The highest BCUT2D eigenvalue weighted by Gasteiger charge is 2.39. The minimum atomic E-state index is -0.337. The molecule has 0 aromatic heterocycles. The van der Waals surface area contributed by atoms with E-state index >= 15 is 0 Å². The number of carbonyl (C=O) groups excluding carboxylic acids is 1. The average molecular weight is 227 g/mol. The number of amides is 1. The fourth-order valence-corrected chi connectivity index (χ4v) is 2.30. The highest BCUT2D eigenvalue weighted by Crippen LogP contribution is 2.30. The Morgan fingerprint density at radius 1 is 1.50 bits per heavy atom. The van der Waals surface area contributed by atoms with Crippen LogP contribution in [0.5, 0.6) is 0 Å². The van der Waals surface area contributed by atoms with Gasteiger partial charge in [-0.05, 0) is 38.3 Å². The largest absolute Gasteiger partial charge is 0.369 e. The highest BCUT2D eigenvalue weighted by molar-refractivity contribution is 5.81. The van der Waals surface area contributed by atoms with E-state index in [1.165, 1.54) is 0 Å². The van der Waals surface area contributed by atoms with Gasteiger partial charge in [0.25, 0.3) is 0 Å². The summed E-state index contributed by atoms with van der Waals surface area (Å²) in [6.07, 6.45) is 0.873. The van der Waals surface area contributed by atoms with Crippen molar-refractivity contribution in [2.45, 2.75) is 27.2 Å². The van der Waals surface area contributed by atoms with E-state index in [0.717, 1.165) is 26.1 Å². The molecule has 16 heavy (non-hydrogen) atoms. The standard InChI is InChI=1S/C12H25N3O/c1-9(2)10(6-13)7-15-5-4-12(3,8-15)11(14)16/h9-10H,4-8,13H2,1-3H3,(H2,14,16). The normalized spacial score (nSPS) is 28.6. The Labute approximate surface area is 98.3 Å². The number of hydrogen-bond donors (Lipinski definition) is 2. The average Bonchev–Trinajstić information content (AvgIpc) is 2.57. The lowest BCUT2D eigenvalue weighted by atomic mass is 9.89. The summed E-state index contributed by atoms with van der Waals surface area (Å²) in [5.74, 6) is 0.921. The molecule has 1 heterocycles. The fourth-order valence-electron chi connectivity index (χ4n) is 2.30. The van der Waals surface area contributed by atoms with Gasteiger partial charge in [0.2, 0.25) is 5.91 Å². The lowest BCUT2D eigenvalue weighted by molar-refractivity contribution is -0.126. The van der Waals surface area contributed by atoms with Gasteiger partial charge in [-0.25, -0.2) is 0 Å². The molecule has 1 aliphatic rings. The van der Waals surface area contributed by atoms with Crippen molar-refractivity contribution in [1.82, 2.24) is 4.90 Å². The maximum Gasteiger partial charge on any atom is 0.224 e.